The van der Waals surface area contributed by atoms with Gasteiger partial charge in [-0.25, -0.2) is 9.78 Å². The minimum atomic E-state index is -0.996. The first-order valence-electron chi connectivity index (χ1n) is 5.47. The lowest BCUT2D eigenvalue weighted by molar-refractivity contribution is 0.0697. The second-order valence-corrected chi connectivity index (χ2v) is 4.55. The fourth-order valence-corrected chi connectivity index (χ4v) is 2.10. The molecule has 0 unspecified atom stereocenters. The van der Waals surface area contributed by atoms with E-state index in [0.717, 1.165) is 25.9 Å². The number of aromatic nitrogens is 1. The highest BCUT2D eigenvalue weighted by atomic mass is 35.5. The Labute approximate surface area is 104 Å². The fraction of sp³-hybridized carbons (Fsp3) is 0.455. The van der Waals surface area contributed by atoms with Crippen LogP contribution in [0.2, 0.25) is 5.15 Å². The van der Waals surface area contributed by atoms with E-state index in [0.29, 0.717) is 5.82 Å². The van der Waals surface area contributed by atoms with Crippen molar-refractivity contribution < 1.29 is 9.90 Å². The van der Waals surface area contributed by atoms with Crippen LogP contribution in [0.25, 0.3) is 0 Å². The van der Waals surface area contributed by atoms with Gasteiger partial charge in [-0.15, -0.1) is 0 Å². The number of carboxylic acid groups (broad SMARTS) is 1. The van der Waals surface area contributed by atoms with Gasteiger partial charge in [0.05, 0.1) is 5.56 Å². The van der Waals surface area contributed by atoms with Crippen molar-refractivity contribution in [2.75, 3.05) is 18.0 Å². The van der Waals surface area contributed by atoms with E-state index in [4.69, 9.17) is 22.4 Å². The highest BCUT2D eigenvalue weighted by Gasteiger charge is 2.19. The van der Waals surface area contributed by atoms with Crippen molar-refractivity contribution in [3.8, 4) is 0 Å². The number of hydrogen-bond donors (Lipinski definition) is 2. The van der Waals surface area contributed by atoms with E-state index in [9.17, 15) is 4.79 Å². The molecule has 0 atom stereocenters. The van der Waals surface area contributed by atoms with E-state index in [2.05, 4.69) is 4.98 Å². The SMILES string of the molecule is NC1CCN(c2cc(C(=O)O)cc(Cl)n2)CC1. The molecule has 2 rings (SSSR count). The Bertz CT molecular complexity index is 431. The Morgan fingerprint density at radius 1 is 1.47 bits per heavy atom. The molecule has 5 nitrogen and oxygen atoms in total. The van der Waals surface area contributed by atoms with Crippen LogP contribution in [0.1, 0.15) is 23.2 Å². The summed E-state index contributed by atoms with van der Waals surface area (Å²) in [5.74, 6) is -0.383. The molecule has 17 heavy (non-hydrogen) atoms. The number of anilines is 1. The normalized spacial score (nSPS) is 17.2. The number of rotatable bonds is 2. The molecule has 0 bridgehead atoms. The second kappa shape index (κ2) is 4.89. The van der Waals surface area contributed by atoms with Crippen LogP contribution in [0.4, 0.5) is 5.82 Å². The van der Waals surface area contributed by atoms with E-state index in [1.807, 2.05) is 4.90 Å². The Hall–Kier alpha value is -1.33. The molecule has 0 amide bonds. The zero-order valence-corrected chi connectivity index (χ0v) is 10.0. The molecule has 92 valence electrons. The topological polar surface area (TPSA) is 79.5 Å². The van der Waals surface area contributed by atoms with Gasteiger partial charge in [0, 0.05) is 19.1 Å². The van der Waals surface area contributed by atoms with Crippen LogP contribution in [0.5, 0.6) is 0 Å². The zero-order valence-electron chi connectivity index (χ0n) is 9.27. The van der Waals surface area contributed by atoms with Gasteiger partial charge in [-0.05, 0) is 25.0 Å². The van der Waals surface area contributed by atoms with Crippen molar-refractivity contribution in [1.29, 1.82) is 0 Å². The molecule has 0 radical (unpaired) electrons. The predicted octanol–water partition coefficient (Wildman–Crippen LogP) is 1.36. The molecule has 6 heteroatoms. The van der Waals surface area contributed by atoms with Gasteiger partial charge in [0.25, 0.3) is 0 Å². The summed E-state index contributed by atoms with van der Waals surface area (Å²) in [5, 5.41) is 9.15. The maximum atomic E-state index is 10.9. The summed E-state index contributed by atoms with van der Waals surface area (Å²) in [7, 11) is 0. The molecule has 1 aliphatic heterocycles. The number of nitrogens with two attached hydrogens (primary N) is 1. The molecule has 1 fully saturated rings. The molecular formula is C11H14ClN3O2. The molecule has 3 N–H and O–H groups in total. The number of nitrogens with zero attached hydrogens (tertiary/aromatic N) is 2. The summed E-state index contributed by atoms with van der Waals surface area (Å²) in [6, 6.07) is 3.12. The van der Waals surface area contributed by atoms with E-state index in [1.165, 1.54) is 6.07 Å². The lowest BCUT2D eigenvalue weighted by atomic mass is 10.1. The smallest absolute Gasteiger partial charge is 0.335 e. The third-order valence-corrected chi connectivity index (χ3v) is 3.08. The van der Waals surface area contributed by atoms with Crippen LogP contribution >= 0.6 is 11.6 Å². The summed E-state index contributed by atoms with van der Waals surface area (Å²) >= 11 is 5.82. The highest BCUT2D eigenvalue weighted by Crippen LogP contribution is 2.21. The average molecular weight is 256 g/mol. The third kappa shape index (κ3) is 2.87. The maximum Gasteiger partial charge on any atom is 0.335 e. The first-order valence-corrected chi connectivity index (χ1v) is 5.85. The summed E-state index contributed by atoms with van der Waals surface area (Å²) < 4.78 is 0. The van der Waals surface area contributed by atoms with Crippen LogP contribution in [0, 0.1) is 0 Å². The van der Waals surface area contributed by atoms with Crippen LogP contribution in [0.15, 0.2) is 12.1 Å². The number of aromatic carboxylic acids is 1. The molecule has 0 saturated carbocycles. The lowest BCUT2D eigenvalue weighted by Gasteiger charge is -2.31. The molecule has 2 heterocycles. The van der Waals surface area contributed by atoms with E-state index in [-0.39, 0.29) is 16.8 Å². The number of carboxylic acids is 1. The van der Waals surface area contributed by atoms with Crippen molar-refractivity contribution in [3.05, 3.63) is 22.8 Å². The monoisotopic (exact) mass is 255 g/mol. The minimum Gasteiger partial charge on any atom is -0.478 e. The Morgan fingerprint density at radius 2 is 2.12 bits per heavy atom. The van der Waals surface area contributed by atoms with Crippen molar-refractivity contribution in [3.63, 3.8) is 0 Å². The first-order chi connectivity index (χ1) is 8.06. The highest BCUT2D eigenvalue weighted by molar-refractivity contribution is 6.29. The second-order valence-electron chi connectivity index (χ2n) is 4.17. The van der Waals surface area contributed by atoms with Crippen molar-refractivity contribution in [2.45, 2.75) is 18.9 Å². The van der Waals surface area contributed by atoms with Gasteiger partial charge < -0.3 is 15.7 Å². The summed E-state index contributed by atoms with van der Waals surface area (Å²) in [6.45, 7) is 1.57. The number of pyridine rings is 1. The summed E-state index contributed by atoms with van der Waals surface area (Å²) in [5.41, 5.74) is 5.98. The largest absolute Gasteiger partial charge is 0.478 e. The Kier molecular flexibility index (Phi) is 3.49. The Morgan fingerprint density at radius 3 is 2.71 bits per heavy atom. The minimum absolute atomic E-state index is 0.162. The zero-order chi connectivity index (χ0) is 12.4. The van der Waals surface area contributed by atoms with Crippen LogP contribution in [-0.4, -0.2) is 35.2 Å². The fourth-order valence-electron chi connectivity index (χ4n) is 1.90. The summed E-state index contributed by atoms with van der Waals surface area (Å²) in [6.07, 6.45) is 1.77. The van der Waals surface area contributed by atoms with Gasteiger partial charge >= 0.3 is 5.97 Å². The quantitative estimate of drug-likeness (QED) is 0.780. The van der Waals surface area contributed by atoms with Gasteiger partial charge in [-0.2, -0.15) is 0 Å². The molecule has 0 spiro atoms. The maximum absolute atomic E-state index is 10.9. The van der Waals surface area contributed by atoms with Crippen molar-refractivity contribution in [2.24, 2.45) is 5.73 Å². The lowest BCUT2D eigenvalue weighted by Crippen LogP contribution is -2.40. The standard InChI is InChI=1S/C11H14ClN3O2/c12-9-5-7(11(16)17)6-10(14-9)15-3-1-8(13)2-4-15/h5-6,8H,1-4,13H2,(H,16,17). The molecular weight excluding hydrogens is 242 g/mol. The van der Waals surface area contributed by atoms with Crippen LogP contribution in [-0.2, 0) is 0 Å². The first kappa shape index (κ1) is 12.1. The van der Waals surface area contributed by atoms with E-state index >= 15 is 0 Å². The summed E-state index contributed by atoms with van der Waals surface area (Å²) in [4.78, 5) is 17.1. The van der Waals surface area contributed by atoms with Gasteiger partial charge in [0.15, 0.2) is 0 Å². The van der Waals surface area contributed by atoms with Gasteiger partial charge in [-0.1, -0.05) is 11.6 Å². The molecule has 0 aliphatic carbocycles. The number of carbonyl (C=O) groups is 1. The third-order valence-electron chi connectivity index (χ3n) is 2.89. The van der Waals surface area contributed by atoms with E-state index in [1.54, 1.807) is 6.07 Å². The van der Waals surface area contributed by atoms with Crippen LogP contribution in [0.3, 0.4) is 0 Å². The van der Waals surface area contributed by atoms with Crippen molar-refractivity contribution >= 4 is 23.4 Å². The van der Waals surface area contributed by atoms with Gasteiger partial charge in [0.1, 0.15) is 11.0 Å². The molecule has 1 aromatic rings. The number of halogens is 1. The molecule has 1 saturated heterocycles. The van der Waals surface area contributed by atoms with Gasteiger partial charge in [-0.3, -0.25) is 0 Å². The Balaban J connectivity index is 2.23. The van der Waals surface area contributed by atoms with E-state index < -0.39 is 5.97 Å². The van der Waals surface area contributed by atoms with Crippen molar-refractivity contribution in [1.82, 2.24) is 4.98 Å². The molecule has 1 aliphatic rings. The molecule has 0 aromatic carbocycles. The number of hydrogen-bond acceptors (Lipinski definition) is 4. The van der Waals surface area contributed by atoms with Crippen LogP contribution < -0.4 is 10.6 Å². The molecule has 1 aromatic heterocycles. The average Bonchev–Trinajstić information content (AvgIpc) is 2.29. The predicted molar refractivity (Wildman–Crippen MR) is 65.6 cm³/mol. The number of piperidine rings is 1. The van der Waals surface area contributed by atoms with Gasteiger partial charge in [0.2, 0.25) is 0 Å².